The first-order chi connectivity index (χ1) is 12.1. The van der Waals surface area contributed by atoms with E-state index in [1.807, 2.05) is 24.0 Å². The van der Waals surface area contributed by atoms with Crippen LogP contribution in [0.5, 0.6) is 0 Å². The van der Waals surface area contributed by atoms with Crippen molar-refractivity contribution in [3.63, 3.8) is 0 Å². The Labute approximate surface area is 145 Å². The number of morpholine rings is 1. The molecule has 1 amide bonds. The lowest BCUT2D eigenvalue weighted by Gasteiger charge is -2.30. The predicted molar refractivity (Wildman–Crippen MR) is 95.3 cm³/mol. The molecule has 0 aromatic heterocycles. The van der Waals surface area contributed by atoms with E-state index in [9.17, 15) is 14.9 Å². The Kier molecular flexibility index (Phi) is 4.95. The number of ether oxygens (including phenoxy) is 1. The van der Waals surface area contributed by atoms with Gasteiger partial charge in [0.1, 0.15) is 0 Å². The summed E-state index contributed by atoms with van der Waals surface area (Å²) in [7, 11) is 0. The lowest BCUT2D eigenvalue weighted by Crippen LogP contribution is -2.36. The van der Waals surface area contributed by atoms with E-state index in [4.69, 9.17) is 4.74 Å². The maximum Gasteiger partial charge on any atom is 0.271 e. The molecule has 0 bridgehead atoms. The van der Waals surface area contributed by atoms with E-state index in [0.29, 0.717) is 43.2 Å². The van der Waals surface area contributed by atoms with E-state index in [1.54, 1.807) is 18.2 Å². The first-order valence-electron chi connectivity index (χ1n) is 8.04. The standard InChI is InChI=1S/C18H19N3O4/c1-13-4-2-3-5-15(13)18(22)19-16-7-6-14(21(23)24)12-17(16)20-8-10-25-11-9-20/h2-7,12H,8-11H2,1H3,(H,19,22). The van der Waals surface area contributed by atoms with Crippen molar-refractivity contribution in [1.29, 1.82) is 0 Å². The number of hydrogen-bond acceptors (Lipinski definition) is 5. The second kappa shape index (κ2) is 7.31. The number of carbonyl (C=O) groups excluding carboxylic acids is 1. The van der Waals surface area contributed by atoms with Gasteiger partial charge >= 0.3 is 0 Å². The van der Waals surface area contributed by atoms with Crippen LogP contribution in [0, 0.1) is 17.0 Å². The largest absolute Gasteiger partial charge is 0.378 e. The Morgan fingerprint density at radius 1 is 1.20 bits per heavy atom. The van der Waals surface area contributed by atoms with Crippen LogP contribution < -0.4 is 10.2 Å². The van der Waals surface area contributed by atoms with Crippen molar-refractivity contribution in [3.05, 3.63) is 63.7 Å². The smallest absolute Gasteiger partial charge is 0.271 e. The second-order valence-corrected chi connectivity index (χ2v) is 5.83. The van der Waals surface area contributed by atoms with Gasteiger partial charge in [0, 0.05) is 30.8 Å². The highest BCUT2D eigenvalue weighted by Crippen LogP contribution is 2.31. The van der Waals surface area contributed by atoms with Gasteiger partial charge in [0.15, 0.2) is 0 Å². The molecule has 2 aromatic rings. The third-order valence-corrected chi connectivity index (χ3v) is 4.18. The zero-order valence-electron chi connectivity index (χ0n) is 13.9. The van der Waals surface area contributed by atoms with E-state index in [1.165, 1.54) is 12.1 Å². The summed E-state index contributed by atoms with van der Waals surface area (Å²) in [6, 6.07) is 11.8. The molecule has 130 valence electrons. The summed E-state index contributed by atoms with van der Waals surface area (Å²) in [6.45, 7) is 4.21. The maximum absolute atomic E-state index is 12.6. The summed E-state index contributed by atoms with van der Waals surface area (Å²) in [4.78, 5) is 25.3. The van der Waals surface area contributed by atoms with Gasteiger partial charge in [0.05, 0.1) is 29.5 Å². The zero-order chi connectivity index (χ0) is 17.8. The molecular formula is C18H19N3O4. The average Bonchev–Trinajstić information content (AvgIpc) is 2.63. The number of benzene rings is 2. The normalized spacial score (nSPS) is 14.2. The van der Waals surface area contributed by atoms with Crippen molar-refractivity contribution in [2.24, 2.45) is 0 Å². The van der Waals surface area contributed by atoms with E-state index in [-0.39, 0.29) is 11.6 Å². The topological polar surface area (TPSA) is 84.7 Å². The lowest BCUT2D eigenvalue weighted by atomic mass is 10.1. The molecule has 7 heteroatoms. The maximum atomic E-state index is 12.6. The van der Waals surface area contributed by atoms with Crippen molar-refractivity contribution in [2.45, 2.75) is 6.92 Å². The molecule has 25 heavy (non-hydrogen) atoms. The van der Waals surface area contributed by atoms with Crippen molar-refractivity contribution < 1.29 is 14.5 Å². The van der Waals surface area contributed by atoms with Crippen LogP contribution in [0.25, 0.3) is 0 Å². The van der Waals surface area contributed by atoms with Gasteiger partial charge in [-0.3, -0.25) is 14.9 Å². The first-order valence-corrected chi connectivity index (χ1v) is 8.04. The molecule has 1 saturated heterocycles. The van der Waals surface area contributed by atoms with Crippen LogP contribution in [0.1, 0.15) is 15.9 Å². The van der Waals surface area contributed by atoms with Crippen LogP contribution in [0.4, 0.5) is 17.1 Å². The third-order valence-electron chi connectivity index (χ3n) is 4.18. The number of non-ortho nitro benzene ring substituents is 1. The summed E-state index contributed by atoms with van der Waals surface area (Å²) in [6.07, 6.45) is 0. The second-order valence-electron chi connectivity index (χ2n) is 5.83. The molecule has 0 atom stereocenters. The SMILES string of the molecule is Cc1ccccc1C(=O)Nc1ccc([N+](=O)[O-])cc1N1CCOCC1. The molecule has 0 saturated carbocycles. The van der Waals surface area contributed by atoms with Crippen molar-refractivity contribution in [2.75, 3.05) is 36.5 Å². The lowest BCUT2D eigenvalue weighted by molar-refractivity contribution is -0.384. The van der Waals surface area contributed by atoms with E-state index >= 15 is 0 Å². The molecule has 0 radical (unpaired) electrons. The predicted octanol–water partition coefficient (Wildman–Crippen LogP) is 2.99. The highest BCUT2D eigenvalue weighted by Gasteiger charge is 2.20. The monoisotopic (exact) mass is 341 g/mol. The van der Waals surface area contributed by atoms with E-state index in [2.05, 4.69) is 5.32 Å². The molecule has 1 heterocycles. The minimum atomic E-state index is -0.434. The van der Waals surface area contributed by atoms with Crippen molar-refractivity contribution in [1.82, 2.24) is 0 Å². The number of carbonyl (C=O) groups is 1. The van der Waals surface area contributed by atoms with Gasteiger partial charge < -0.3 is 15.0 Å². The number of amides is 1. The number of anilines is 2. The van der Waals surface area contributed by atoms with Gasteiger partial charge in [-0.05, 0) is 24.6 Å². The van der Waals surface area contributed by atoms with Gasteiger partial charge in [0.2, 0.25) is 0 Å². The van der Waals surface area contributed by atoms with Gasteiger partial charge in [0.25, 0.3) is 11.6 Å². The molecule has 1 fully saturated rings. The Hall–Kier alpha value is -2.93. The quantitative estimate of drug-likeness (QED) is 0.682. The molecular weight excluding hydrogens is 322 g/mol. The molecule has 0 unspecified atom stereocenters. The fourth-order valence-corrected chi connectivity index (χ4v) is 2.82. The van der Waals surface area contributed by atoms with Crippen LogP contribution in [0.15, 0.2) is 42.5 Å². The molecule has 1 N–H and O–H groups in total. The molecule has 7 nitrogen and oxygen atoms in total. The summed E-state index contributed by atoms with van der Waals surface area (Å²) in [5.74, 6) is -0.235. The molecule has 0 aliphatic carbocycles. The number of rotatable bonds is 4. The number of hydrogen-bond donors (Lipinski definition) is 1. The number of nitro groups is 1. The van der Waals surface area contributed by atoms with Crippen molar-refractivity contribution >= 4 is 23.0 Å². The zero-order valence-corrected chi connectivity index (χ0v) is 13.9. The minimum Gasteiger partial charge on any atom is -0.378 e. The summed E-state index contributed by atoms with van der Waals surface area (Å²) >= 11 is 0. The number of nitrogens with zero attached hydrogens (tertiary/aromatic N) is 2. The first kappa shape index (κ1) is 16.9. The Bertz CT molecular complexity index is 801. The molecule has 0 spiro atoms. The van der Waals surface area contributed by atoms with E-state index in [0.717, 1.165) is 5.56 Å². The number of nitrogens with one attached hydrogen (secondary N) is 1. The third kappa shape index (κ3) is 3.77. The number of aryl methyl sites for hydroxylation is 1. The fourth-order valence-electron chi connectivity index (χ4n) is 2.82. The van der Waals surface area contributed by atoms with Crippen LogP contribution in [-0.4, -0.2) is 37.1 Å². The van der Waals surface area contributed by atoms with Gasteiger partial charge in [-0.25, -0.2) is 0 Å². The molecule has 1 aliphatic heterocycles. The van der Waals surface area contributed by atoms with Gasteiger partial charge in [-0.15, -0.1) is 0 Å². The molecule has 1 aliphatic rings. The van der Waals surface area contributed by atoms with Gasteiger partial charge in [-0.1, -0.05) is 18.2 Å². The minimum absolute atomic E-state index is 0.00428. The fraction of sp³-hybridized carbons (Fsp3) is 0.278. The summed E-state index contributed by atoms with van der Waals surface area (Å²) in [5, 5.41) is 14.0. The van der Waals surface area contributed by atoms with Crippen LogP contribution in [0.3, 0.4) is 0 Å². The Balaban J connectivity index is 1.93. The van der Waals surface area contributed by atoms with Crippen LogP contribution >= 0.6 is 0 Å². The Morgan fingerprint density at radius 3 is 2.60 bits per heavy atom. The number of nitro benzene ring substituents is 1. The molecule has 2 aromatic carbocycles. The van der Waals surface area contributed by atoms with Crippen LogP contribution in [-0.2, 0) is 4.74 Å². The molecule has 3 rings (SSSR count). The average molecular weight is 341 g/mol. The Morgan fingerprint density at radius 2 is 1.92 bits per heavy atom. The highest BCUT2D eigenvalue weighted by atomic mass is 16.6. The highest BCUT2D eigenvalue weighted by molar-refractivity contribution is 6.07. The van der Waals surface area contributed by atoms with Crippen LogP contribution in [0.2, 0.25) is 0 Å². The van der Waals surface area contributed by atoms with E-state index < -0.39 is 4.92 Å². The van der Waals surface area contributed by atoms with Gasteiger partial charge in [-0.2, -0.15) is 0 Å². The summed E-state index contributed by atoms with van der Waals surface area (Å²) in [5.41, 5.74) is 2.64. The summed E-state index contributed by atoms with van der Waals surface area (Å²) < 4.78 is 5.34. The van der Waals surface area contributed by atoms with Crippen molar-refractivity contribution in [3.8, 4) is 0 Å².